The van der Waals surface area contributed by atoms with Crippen molar-refractivity contribution >= 4 is 30.0 Å². The number of ether oxygens (including phenoxy) is 2. The fraction of sp³-hybridized carbons (Fsp3) is 0.400. The molecule has 23 heavy (non-hydrogen) atoms. The quantitative estimate of drug-likeness (QED) is 0.657. The number of nitrogens with zero attached hydrogens (tertiary/aromatic N) is 3. The molecule has 2 aromatic rings. The molecular weight excluding hydrogens is 336 g/mol. The smallest absolute Gasteiger partial charge is 0.216 e. The molecule has 0 radical (unpaired) electrons. The van der Waals surface area contributed by atoms with E-state index in [0.29, 0.717) is 28.0 Å². The maximum absolute atomic E-state index is 6.18. The van der Waals surface area contributed by atoms with Crippen molar-refractivity contribution in [3.05, 3.63) is 39.4 Å². The molecule has 1 aliphatic heterocycles. The molecule has 122 valence electrons. The number of nitrogens with one attached hydrogen (secondary N) is 1. The normalized spacial score (nSPS) is 17.9. The van der Waals surface area contributed by atoms with Gasteiger partial charge in [-0.25, -0.2) is 0 Å². The Bertz CT molecular complexity index is 765. The molecule has 6 nitrogen and oxygen atoms in total. The first-order valence-corrected chi connectivity index (χ1v) is 8.23. The van der Waals surface area contributed by atoms with Crippen LogP contribution in [-0.4, -0.2) is 34.3 Å². The van der Waals surface area contributed by atoms with Gasteiger partial charge in [0.15, 0.2) is 5.82 Å². The van der Waals surface area contributed by atoms with Crippen LogP contribution < -0.4 is 4.74 Å². The summed E-state index contributed by atoms with van der Waals surface area (Å²) in [6.45, 7) is 3.23. The van der Waals surface area contributed by atoms with Crippen LogP contribution in [0.2, 0.25) is 5.02 Å². The third-order valence-electron chi connectivity index (χ3n) is 3.47. The first-order valence-electron chi connectivity index (χ1n) is 7.44. The zero-order valence-electron chi connectivity index (χ0n) is 12.7. The number of hydrogen-bond donors (Lipinski definition) is 1. The highest BCUT2D eigenvalue weighted by Crippen LogP contribution is 2.27. The van der Waals surface area contributed by atoms with E-state index in [9.17, 15) is 0 Å². The molecule has 0 bridgehead atoms. The highest BCUT2D eigenvalue weighted by Gasteiger charge is 2.23. The topological polar surface area (TPSA) is 64.4 Å². The molecule has 1 saturated heterocycles. The summed E-state index contributed by atoms with van der Waals surface area (Å²) in [5.41, 5.74) is 0.847. The van der Waals surface area contributed by atoms with Crippen LogP contribution in [0, 0.1) is 4.77 Å². The molecule has 1 aromatic carbocycles. The second-order valence-electron chi connectivity index (χ2n) is 5.07. The fourth-order valence-corrected chi connectivity index (χ4v) is 2.83. The minimum atomic E-state index is -0.0657. The lowest BCUT2D eigenvalue weighted by molar-refractivity contribution is 0.102. The van der Waals surface area contributed by atoms with Crippen LogP contribution in [0.25, 0.3) is 0 Å². The minimum Gasteiger partial charge on any atom is -0.492 e. The van der Waals surface area contributed by atoms with E-state index in [1.807, 2.05) is 19.1 Å². The Morgan fingerprint density at radius 1 is 1.61 bits per heavy atom. The zero-order valence-corrected chi connectivity index (χ0v) is 14.2. The summed E-state index contributed by atoms with van der Waals surface area (Å²) < 4.78 is 13.1. The maximum Gasteiger partial charge on any atom is 0.216 e. The molecule has 8 heteroatoms. The number of halogens is 1. The number of aromatic amines is 1. The Labute approximate surface area is 144 Å². The Balaban J connectivity index is 1.84. The van der Waals surface area contributed by atoms with Gasteiger partial charge in [0.1, 0.15) is 11.9 Å². The SMILES string of the molecule is CCOc1ccc(/C=N\n2c(C3CCCO3)n[nH]c2=S)cc1Cl. The van der Waals surface area contributed by atoms with Crippen LogP contribution in [0.3, 0.4) is 0 Å². The minimum absolute atomic E-state index is 0.0657. The van der Waals surface area contributed by atoms with Gasteiger partial charge < -0.3 is 9.47 Å². The summed E-state index contributed by atoms with van der Waals surface area (Å²) in [5, 5.41) is 11.9. The first kappa shape index (κ1) is 16.2. The highest BCUT2D eigenvalue weighted by molar-refractivity contribution is 7.71. The van der Waals surface area contributed by atoms with Crippen molar-refractivity contribution in [3.8, 4) is 5.75 Å². The predicted molar refractivity (Wildman–Crippen MR) is 91.0 cm³/mol. The van der Waals surface area contributed by atoms with Gasteiger partial charge in [-0.15, -0.1) is 0 Å². The lowest BCUT2D eigenvalue weighted by atomic mass is 10.2. The van der Waals surface area contributed by atoms with Crippen molar-refractivity contribution in [3.63, 3.8) is 0 Å². The third kappa shape index (κ3) is 3.63. The molecule has 1 fully saturated rings. The monoisotopic (exact) mass is 352 g/mol. The van der Waals surface area contributed by atoms with Crippen molar-refractivity contribution in [2.75, 3.05) is 13.2 Å². The van der Waals surface area contributed by atoms with E-state index in [4.69, 9.17) is 33.3 Å². The Morgan fingerprint density at radius 2 is 2.48 bits per heavy atom. The summed E-state index contributed by atoms with van der Waals surface area (Å²) >= 11 is 11.4. The molecule has 1 aliphatic rings. The van der Waals surface area contributed by atoms with Gasteiger partial charge in [0.05, 0.1) is 17.8 Å². The van der Waals surface area contributed by atoms with E-state index in [2.05, 4.69) is 15.3 Å². The first-order chi connectivity index (χ1) is 11.2. The Hall–Kier alpha value is -1.70. The number of benzene rings is 1. The van der Waals surface area contributed by atoms with E-state index in [0.717, 1.165) is 25.0 Å². The molecule has 0 aliphatic carbocycles. The summed E-state index contributed by atoms with van der Waals surface area (Å²) in [7, 11) is 0. The van der Waals surface area contributed by atoms with Crippen LogP contribution in [0.15, 0.2) is 23.3 Å². The molecule has 0 saturated carbocycles. The summed E-state index contributed by atoms with van der Waals surface area (Å²) in [5.74, 6) is 1.35. The maximum atomic E-state index is 6.18. The van der Waals surface area contributed by atoms with Crippen LogP contribution in [-0.2, 0) is 4.74 Å². The summed E-state index contributed by atoms with van der Waals surface area (Å²) in [6.07, 6.45) is 3.56. The van der Waals surface area contributed by atoms with E-state index in [-0.39, 0.29) is 6.10 Å². The molecule has 1 aromatic heterocycles. The molecule has 1 atom stereocenters. The standard InChI is InChI=1S/C15H17ClN4O2S/c1-2-21-12-6-5-10(8-11(12)16)9-17-20-14(18-19-15(20)23)13-4-3-7-22-13/h5-6,8-9,13H,2-4,7H2,1H3,(H,19,23)/b17-9-. The fourth-order valence-electron chi connectivity index (χ4n) is 2.40. The van der Waals surface area contributed by atoms with Gasteiger partial charge in [-0.05, 0) is 55.7 Å². The van der Waals surface area contributed by atoms with Crippen molar-refractivity contribution < 1.29 is 9.47 Å². The Kier molecular flexibility index (Phi) is 5.09. The summed E-state index contributed by atoms with van der Waals surface area (Å²) in [6, 6.07) is 5.50. The largest absolute Gasteiger partial charge is 0.492 e. The van der Waals surface area contributed by atoms with Gasteiger partial charge >= 0.3 is 0 Å². The second kappa shape index (κ2) is 7.25. The van der Waals surface area contributed by atoms with Crippen molar-refractivity contribution in [1.29, 1.82) is 0 Å². The van der Waals surface area contributed by atoms with Gasteiger partial charge in [-0.1, -0.05) is 11.6 Å². The average molecular weight is 353 g/mol. The van der Waals surface area contributed by atoms with Crippen LogP contribution in [0.5, 0.6) is 5.75 Å². The zero-order chi connectivity index (χ0) is 16.2. The van der Waals surface area contributed by atoms with Gasteiger partial charge in [0.2, 0.25) is 4.77 Å². The molecule has 2 heterocycles. The molecule has 0 spiro atoms. The van der Waals surface area contributed by atoms with Gasteiger partial charge in [0, 0.05) is 6.61 Å². The molecule has 0 amide bonds. The van der Waals surface area contributed by atoms with E-state index in [1.54, 1.807) is 17.0 Å². The van der Waals surface area contributed by atoms with Crippen LogP contribution >= 0.6 is 23.8 Å². The molecule has 1 N–H and O–H groups in total. The average Bonchev–Trinajstić information content (AvgIpc) is 3.17. The van der Waals surface area contributed by atoms with Crippen LogP contribution in [0.4, 0.5) is 0 Å². The second-order valence-corrected chi connectivity index (χ2v) is 5.86. The number of hydrogen-bond acceptors (Lipinski definition) is 5. The van der Waals surface area contributed by atoms with E-state index in [1.165, 1.54) is 0 Å². The molecule has 1 unspecified atom stereocenters. The number of rotatable bonds is 5. The predicted octanol–water partition coefficient (Wildman–Crippen LogP) is 3.73. The lowest BCUT2D eigenvalue weighted by Gasteiger charge is -2.08. The van der Waals surface area contributed by atoms with Crippen molar-refractivity contribution in [2.45, 2.75) is 25.9 Å². The number of H-pyrrole nitrogens is 1. The number of aromatic nitrogens is 3. The van der Waals surface area contributed by atoms with E-state index < -0.39 is 0 Å². The van der Waals surface area contributed by atoms with Crippen molar-refractivity contribution in [1.82, 2.24) is 14.9 Å². The third-order valence-corrected chi connectivity index (χ3v) is 4.03. The molecule has 3 rings (SSSR count). The van der Waals surface area contributed by atoms with Gasteiger partial charge in [-0.2, -0.15) is 14.9 Å². The Morgan fingerprint density at radius 3 is 3.17 bits per heavy atom. The van der Waals surface area contributed by atoms with Gasteiger partial charge in [0.25, 0.3) is 0 Å². The van der Waals surface area contributed by atoms with Crippen LogP contribution in [0.1, 0.15) is 37.3 Å². The lowest BCUT2D eigenvalue weighted by Crippen LogP contribution is -2.05. The van der Waals surface area contributed by atoms with Crippen molar-refractivity contribution in [2.24, 2.45) is 5.10 Å². The highest BCUT2D eigenvalue weighted by atomic mass is 35.5. The van der Waals surface area contributed by atoms with Gasteiger partial charge in [-0.3, -0.25) is 5.10 Å². The molecular formula is C15H17ClN4O2S. The summed E-state index contributed by atoms with van der Waals surface area (Å²) in [4.78, 5) is 0. The van der Waals surface area contributed by atoms with E-state index >= 15 is 0 Å².